The molecule has 0 spiro atoms. The summed E-state index contributed by atoms with van der Waals surface area (Å²) in [7, 11) is -3.21. The Kier molecular flexibility index (Phi) is 5.28. The lowest BCUT2D eigenvalue weighted by Gasteiger charge is -2.26. The first-order valence-electron chi connectivity index (χ1n) is 6.36. The summed E-state index contributed by atoms with van der Waals surface area (Å²) in [6.45, 7) is 6.55. The van der Waals surface area contributed by atoms with Gasteiger partial charge in [0.2, 0.25) is 10.0 Å². The predicted molar refractivity (Wildman–Crippen MR) is 76.8 cm³/mol. The summed E-state index contributed by atoms with van der Waals surface area (Å²) in [6, 6.07) is 0. The molecule has 0 saturated carbocycles. The van der Waals surface area contributed by atoms with Crippen LogP contribution < -0.4 is 10.0 Å². The number of hydrogen-bond acceptors (Lipinski definition) is 6. The SMILES string of the molecule is Cc1ncsc1CNS(=O)(=O)CCN1CCNCC1. The van der Waals surface area contributed by atoms with Gasteiger partial charge in [-0.2, -0.15) is 0 Å². The average Bonchev–Trinajstić information content (AvgIpc) is 2.81. The van der Waals surface area contributed by atoms with Crippen molar-refractivity contribution < 1.29 is 8.42 Å². The first kappa shape index (κ1) is 14.9. The summed E-state index contributed by atoms with van der Waals surface area (Å²) < 4.78 is 26.5. The molecule has 0 amide bonds. The molecule has 8 heteroatoms. The van der Waals surface area contributed by atoms with Gasteiger partial charge in [-0.3, -0.25) is 4.90 Å². The molecule has 2 N–H and O–H groups in total. The van der Waals surface area contributed by atoms with Crippen LogP contribution in [0.1, 0.15) is 10.6 Å². The summed E-state index contributed by atoms with van der Waals surface area (Å²) in [6.07, 6.45) is 0. The van der Waals surface area contributed by atoms with Crippen molar-refractivity contribution in [2.75, 3.05) is 38.5 Å². The van der Waals surface area contributed by atoms with E-state index in [0.717, 1.165) is 36.8 Å². The molecular weight excluding hydrogens is 284 g/mol. The first-order valence-corrected chi connectivity index (χ1v) is 8.89. The minimum Gasteiger partial charge on any atom is -0.314 e. The smallest absolute Gasteiger partial charge is 0.213 e. The topological polar surface area (TPSA) is 74.3 Å². The minimum absolute atomic E-state index is 0.158. The molecule has 0 aliphatic carbocycles. The highest BCUT2D eigenvalue weighted by molar-refractivity contribution is 7.89. The van der Waals surface area contributed by atoms with E-state index in [-0.39, 0.29) is 5.75 Å². The van der Waals surface area contributed by atoms with E-state index >= 15 is 0 Å². The molecular formula is C11H20N4O2S2. The van der Waals surface area contributed by atoms with Crippen molar-refractivity contribution in [3.63, 3.8) is 0 Å². The third-order valence-corrected chi connectivity index (χ3v) is 5.42. The van der Waals surface area contributed by atoms with Crippen LogP contribution in [-0.2, 0) is 16.6 Å². The number of sulfonamides is 1. The molecule has 1 aromatic rings. The molecule has 1 aromatic heterocycles. The summed E-state index contributed by atoms with van der Waals surface area (Å²) >= 11 is 1.48. The fraction of sp³-hybridized carbons (Fsp3) is 0.727. The fourth-order valence-electron chi connectivity index (χ4n) is 1.93. The van der Waals surface area contributed by atoms with E-state index in [1.54, 1.807) is 5.51 Å². The van der Waals surface area contributed by atoms with Crippen molar-refractivity contribution >= 4 is 21.4 Å². The van der Waals surface area contributed by atoms with Crippen molar-refractivity contribution in [2.45, 2.75) is 13.5 Å². The van der Waals surface area contributed by atoms with Crippen LogP contribution in [0.3, 0.4) is 0 Å². The normalized spacial score (nSPS) is 17.7. The second-order valence-electron chi connectivity index (χ2n) is 4.59. The molecule has 2 rings (SSSR count). The van der Waals surface area contributed by atoms with Gasteiger partial charge in [0.15, 0.2) is 0 Å². The summed E-state index contributed by atoms with van der Waals surface area (Å²) in [5.74, 6) is 0.158. The number of nitrogens with zero attached hydrogens (tertiary/aromatic N) is 2. The second-order valence-corrected chi connectivity index (χ2v) is 7.46. The standard InChI is InChI=1S/C11H20N4O2S2/c1-10-11(18-9-13-10)8-14-19(16,17)7-6-15-4-2-12-3-5-15/h9,12,14H,2-8H2,1H3. The Hall–Kier alpha value is -0.540. The Balaban J connectivity index is 1.76. The molecule has 1 fully saturated rings. The Morgan fingerprint density at radius 3 is 2.84 bits per heavy atom. The third-order valence-electron chi connectivity index (χ3n) is 3.18. The minimum atomic E-state index is -3.21. The van der Waals surface area contributed by atoms with E-state index in [4.69, 9.17) is 0 Å². The van der Waals surface area contributed by atoms with Crippen LogP contribution in [-0.4, -0.2) is 56.8 Å². The molecule has 19 heavy (non-hydrogen) atoms. The van der Waals surface area contributed by atoms with Crippen LogP contribution in [0.4, 0.5) is 0 Å². The summed E-state index contributed by atoms with van der Waals surface area (Å²) in [4.78, 5) is 7.26. The monoisotopic (exact) mass is 304 g/mol. The zero-order chi connectivity index (χ0) is 13.7. The average molecular weight is 304 g/mol. The van der Waals surface area contributed by atoms with Crippen LogP contribution in [0, 0.1) is 6.92 Å². The zero-order valence-corrected chi connectivity index (χ0v) is 12.7. The highest BCUT2D eigenvalue weighted by Gasteiger charge is 2.15. The van der Waals surface area contributed by atoms with Crippen LogP contribution in [0.25, 0.3) is 0 Å². The highest BCUT2D eigenvalue weighted by atomic mass is 32.2. The van der Waals surface area contributed by atoms with Crippen LogP contribution in [0.15, 0.2) is 5.51 Å². The zero-order valence-electron chi connectivity index (χ0n) is 11.1. The molecule has 1 aliphatic rings. The summed E-state index contributed by atoms with van der Waals surface area (Å²) in [5.41, 5.74) is 2.63. The predicted octanol–water partition coefficient (Wildman–Crippen LogP) is -0.224. The van der Waals surface area contributed by atoms with E-state index < -0.39 is 10.0 Å². The van der Waals surface area contributed by atoms with Crippen molar-refractivity contribution in [1.82, 2.24) is 19.9 Å². The second kappa shape index (κ2) is 6.76. The Morgan fingerprint density at radius 2 is 2.21 bits per heavy atom. The van der Waals surface area contributed by atoms with Crippen molar-refractivity contribution in [1.29, 1.82) is 0 Å². The van der Waals surface area contributed by atoms with Crippen molar-refractivity contribution in [3.8, 4) is 0 Å². The molecule has 0 radical (unpaired) electrons. The lowest BCUT2D eigenvalue weighted by Crippen LogP contribution is -2.45. The Bertz CT molecular complexity index is 495. The maximum atomic E-state index is 11.9. The lowest BCUT2D eigenvalue weighted by atomic mass is 10.4. The molecule has 1 aliphatic heterocycles. The van der Waals surface area contributed by atoms with Gasteiger partial charge >= 0.3 is 0 Å². The van der Waals surface area contributed by atoms with Gasteiger partial charge in [-0.25, -0.2) is 18.1 Å². The van der Waals surface area contributed by atoms with Crippen LogP contribution in [0.5, 0.6) is 0 Å². The lowest BCUT2D eigenvalue weighted by molar-refractivity contribution is 0.253. The van der Waals surface area contributed by atoms with Gasteiger partial charge in [-0.1, -0.05) is 0 Å². The van der Waals surface area contributed by atoms with Gasteiger partial charge in [-0.05, 0) is 6.92 Å². The number of piperazine rings is 1. The van der Waals surface area contributed by atoms with E-state index in [0.29, 0.717) is 13.1 Å². The molecule has 1 saturated heterocycles. The maximum absolute atomic E-state index is 11.9. The molecule has 6 nitrogen and oxygen atoms in total. The number of rotatable bonds is 6. The quantitative estimate of drug-likeness (QED) is 0.760. The number of thiazole rings is 1. The molecule has 0 atom stereocenters. The number of aromatic nitrogens is 1. The van der Waals surface area contributed by atoms with Gasteiger partial charge in [0.1, 0.15) is 0 Å². The number of hydrogen-bond donors (Lipinski definition) is 2. The van der Waals surface area contributed by atoms with Crippen molar-refractivity contribution in [2.24, 2.45) is 0 Å². The van der Waals surface area contributed by atoms with Crippen LogP contribution in [0.2, 0.25) is 0 Å². The fourth-order valence-corrected chi connectivity index (χ4v) is 3.74. The van der Waals surface area contributed by atoms with E-state index in [1.807, 2.05) is 6.92 Å². The van der Waals surface area contributed by atoms with Gasteiger partial charge < -0.3 is 5.32 Å². The van der Waals surface area contributed by atoms with E-state index in [9.17, 15) is 8.42 Å². The van der Waals surface area contributed by atoms with Gasteiger partial charge in [0.25, 0.3) is 0 Å². The Labute approximate surface area is 118 Å². The van der Waals surface area contributed by atoms with Gasteiger partial charge in [0, 0.05) is 44.1 Å². The molecule has 2 heterocycles. The maximum Gasteiger partial charge on any atom is 0.213 e. The van der Waals surface area contributed by atoms with Gasteiger partial charge in [0.05, 0.1) is 17.0 Å². The Morgan fingerprint density at radius 1 is 1.47 bits per heavy atom. The number of nitrogens with one attached hydrogen (secondary N) is 2. The van der Waals surface area contributed by atoms with E-state index in [1.165, 1.54) is 11.3 Å². The largest absolute Gasteiger partial charge is 0.314 e. The number of aryl methyl sites for hydroxylation is 1. The molecule has 0 unspecified atom stereocenters. The third kappa shape index (κ3) is 4.81. The van der Waals surface area contributed by atoms with Gasteiger partial charge in [-0.15, -0.1) is 11.3 Å². The van der Waals surface area contributed by atoms with Crippen molar-refractivity contribution in [3.05, 3.63) is 16.1 Å². The molecule has 0 bridgehead atoms. The first-order chi connectivity index (χ1) is 9.07. The summed E-state index contributed by atoms with van der Waals surface area (Å²) in [5, 5.41) is 3.25. The van der Waals surface area contributed by atoms with Crippen LogP contribution >= 0.6 is 11.3 Å². The molecule has 108 valence electrons. The highest BCUT2D eigenvalue weighted by Crippen LogP contribution is 2.11. The van der Waals surface area contributed by atoms with E-state index in [2.05, 4.69) is 19.9 Å². The molecule has 0 aromatic carbocycles.